The lowest BCUT2D eigenvalue weighted by Gasteiger charge is -2.12. The molecule has 1 atom stereocenters. The van der Waals surface area contributed by atoms with Crippen molar-refractivity contribution in [3.63, 3.8) is 0 Å². The van der Waals surface area contributed by atoms with Crippen LogP contribution in [0.3, 0.4) is 0 Å². The molecule has 4 nitrogen and oxygen atoms in total. The summed E-state index contributed by atoms with van der Waals surface area (Å²) < 4.78 is 0. The van der Waals surface area contributed by atoms with Gasteiger partial charge in [-0.2, -0.15) is 0 Å². The van der Waals surface area contributed by atoms with E-state index in [1.54, 1.807) is 0 Å². The molecule has 0 aromatic carbocycles. The second kappa shape index (κ2) is 3.67. The molecule has 0 spiro atoms. The largest absolute Gasteiger partial charge is 0.386 e. The summed E-state index contributed by atoms with van der Waals surface area (Å²) in [5, 5.41) is 19.3. The van der Waals surface area contributed by atoms with E-state index in [9.17, 15) is 15.2 Å². The van der Waals surface area contributed by atoms with Crippen LogP contribution in [0.1, 0.15) is 25.7 Å². The molecule has 64 valence electrons. The van der Waals surface area contributed by atoms with Crippen molar-refractivity contribution in [1.29, 1.82) is 0 Å². The SMILES string of the molecule is O=[N+]([O-])C[C@@H](O)C1CCCC1. The summed E-state index contributed by atoms with van der Waals surface area (Å²) in [5.74, 6) is 0.181. The fourth-order valence-electron chi connectivity index (χ4n) is 1.64. The van der Waals surface area contributed by atoms with Gasteiger partial charge in [-0.15, -0.1) is 0 Å². The van der Waals surface area contributed by atoms with E-state index in [1.165, 1.54) is 0 Å². The van der Waals surface area contributed by atoms with Crippen molar-refractivity contribution in [2.45, 2.75) is 31.8 Å². The molecule has 0 saturated heterocycles. The monoisotopic (exact) mass is 159 g/mol. The van der Waals surface area contributed by atoms with Crippen molar-refractivity contribution in [2.75, 3.05) is 6.54 Å². The third-order valence-corrected chi connectivity index (χ3v) is 2.28. The fraction of sp³-hybridized carbons (Fsp3) is 1.00. The van der Waals surface area contributed by atoms with Crippen molar-refractivity contribution in [3.05, 3.63) is 10.1 Å². The van der Waals surface area contributed by atoms with Crippen LogP contribution in [0.5, 0.6) is 0 Å². The van der Waals surface area contributed by atoms with Crippen molar-refractivity contribution in [3.8, 4) is 0 Å². The minimum Gasteiger partial charge on any atom is -0.386 e. The lowest BCUT2D eigenvalue weighted by atomic mass is 10.0. The molecule has 11 heavy (non-hydrogen) atoms. The minimum atomic E-state index is -0.715. The maximum Gasteiger partial charge on any atom is 0.229 e. The van der Waals surface area contributed by atoms with E-state index < -0.39 is 11.0 Å². The molecule has 0 bridgehead atoms. The molecule has 0 unspecified atom stereocenters. The molecular formula is C7H13NO3. The summed E-state index contributed by atoms with van der Waals surface area (Å²) in [6.45, 7) is -0.287. The minimum absolute atomic E-state index is 0.181. The molecule has 1 saturated carbocycles. The summed E-state index contributed by atoms with van der Waals surface area (Å²) in [4.78, 5) is 9.57. The second-order valence-corrected chi connectivity index (χ2v) is 3.13. The maximum absolute atomic E-state index is 10.0. The zero-order chi connectivity index (χ0) is 8.27. The standard InChI is InChI=1S/C7H13NO3/c9-7(5-8(10)11)6-3-1-2-4-6/h6-7,9H,1-5H2/t7-/m1/s1. The molecule has 1 aliphatic rings. The quantitative estimate of drug-likeness (QED) is 0.489. The van der Waals surface area contributed by atoms with E-state index in [0.29, 0.717) is 0 Å². The van der Waals surface area contributed by atoms with Crippen LogP contribution in [0.25, 0.3) is 0 Å². The zero-order valence-corrected chi connectivity index (χ0v) is 6.40. The Bertz CT molecular complexity index is 143. The zero-order valence-electron chi connectivity index (χ0n) is 6.40. The predicted octanol–water partition coefficient (Wildman–Crippen LogP) is 0.814. The van der Waals surface area contributed by atoms with Gasteiger partial charge in [-0.25, -0.2) is 0 Å². The van der Waals surface area contributed by atoms with Gasteiger partial charge in [0, 0.05) is 4.92 Å². The Hall–Kier alpha value is -0.640. The van der Waals surface area contributed by atoms with Gasteiger partial charge in [0.25, 0.3) is 0 Å². The van der Waals surface area contributed by atoms with Crippen LogP contribution >= 0.6 is 0 Å². The molecule has 0 aromatic heterocycles. The molecule has 1 rings (SSSR count). The first-order valence-corrected chi connectivity index (χ1v) is 4.00. The van der Waals surface area contributed by atoms with E-state index in [0.717, 1.165) is 25.7 Å². The highest BCUT2D eigenvalue weighted by Crippen LogP contribution is 2.27. The van der Waals surface area contributed by atoms with Gasteiger partial charge >= 0.3 is 0 Å². The summed E-state index contributed by atoms with van der Waals surface area (Å²) in [5.41, 5.74) is 0. The molecule has 4 heteroatoms. The van der Waals surface area contributed by atoms with Crippen LogP contribution in [0.4, 0.5) is 0 Å². The molecule has 0 aliphatic heterocycles. The highest BCUT2D eigenvalue weighted by atomic mass is 16.6. The Kier molecular flexibility index (Phi) is 2.82. The summed E-state index contributed by atoms with van der Waals surface area (Å²) in [6, 6.07) is 0. The molecule has 1 N–H and O–H groups in total. The Morgan fingerprint density at radius 2 is 2.09 bits per heavy atom. The molecular weight excluding hydrogens is 146 g/mol. The van der Waals surface area contributed by atoms with Crippen molar-refractivity contribution >= 4 is 0 Å². The van der Waals surface area contributed by atoms with E-state index in [1.807, 2.05) is 0 Å². The molecule has 0 amide bonds. The van der Waals surface area contributed by atoms with Crippen LogP contribution in [0, 0.1) is 16.0 Å². The lowest BCUT2D eigenvalue weighted by molar-refractivity contribution is -0.492. The van der Waals surface area contributed by atoms with E-state index in [2.05, 4.69) is 0 Å². The average molecular weight is 159 g/mol. The first-order chi connectivity index (χ1) is 5.20. The van der Waals surface area contributed by atoms with Crippen LogP contribution in [-0.4, -0.2) is 22.7 Å². The van der Waals surface area contributed by atoms with Gasteiger partial charge in [0.1, 0.15) is 6.10 Å². The molecule has 0 heterocycles. The van der Waals surface area contributed by atoms with E-state index in [-0.39, 0.29) is 12.5 Å². The van der Waals surface area contributed by atoms with Gasteiger partial charge in [0.2, 0.25) is 6.54 Å². The van der Waals surface area contributed by atoms with E-state index in [4.69, 9.17) is 0 Å². The predicted molar refractivity (Wildman–Crippen MR) is 39.8 cm³/mol. The molecule has 0 radical (unpaired) electrons. The van der Waals surface area contributed by atoms with Gasteiger partial charge in [-0.1, -0.05) is 12.8 Å². The fourth-order valence-corrected chi connectivity index (χ4v) is 1.64. The van der Waals surface area contributed by atoms with Gasteiger partial charge in [0.05, 0.1) is 0 Å². The third-order valence-electron chi connectivity index (χ3n) is 2.28. The van der Waals surface area contributed by atoms with Gasteiger partial charge in [-0.05, 0) is 18.8 Å². The number of rotatable bonds is 3. The van der Waals surface area contributed by atoms with Gasteiger partial charge < -0.3 is 5.11 Å². The molecule has 1 fully saturated rings. The van der Waals surface area contributed by atoms with Gasteiger partial charge in [0.15, 0.2) is 0 Å². The number of hydrogen-bond acceptors (Lipinski definition) is 3. The topological polar surface area (TPSA) is 63.4 Å². The smallest absolute Gasteiger partial charge is 0.229 e. The van der Waals surface area contributed by atoms with Crippen LogP contribution in [0.2, 0.25) is 0 Å². The number of nitrogens with zero attached hydrogens (tertiary/aromatic N) is 1. The van der Waals surface area contributed by atoms with Gasteiger partial charge in [-0.3, -0.25) is 10.1 Å². The summed E-state index contributed by atoms with van der Waals surface area (Å²) in [7, 11) is 0. The Morgan fingerprint density at radius 1 is 1.55 bits per heavy atom. The second-order valence-electron chi connectivity index (χ2n) is 3.13. The number of aliphatic hydroxyl groups excluding tert-OH is 1. The normalized spacial score (nSPS) is 21.9. The highest BCUT2D eigenvalue weighted by Gasteiger charge is 2.26. The van der Waals surface area contributed by atoms with Crippen LogP contribution in [-0.2, 0) is 0 Å². The van der Waals surface area contributed by atoms with Crippen LogP contribution < -0.4 is 0 Å². The highest BCUT2D eigenvalue weighted by molar-refractivity contribution is 4.73. The number of hydrogen-bond donors (Lipinski definition) is 1. The van der Waals surface area contributed by atoms with Crippen molar-refractivity contribution < 1.29 is 10.0 Å². The third kappa shape index (κ3) is 2.46. The maximum atomic E-state index is 10.0. The molecule has 0 aromatic rings. The van der Waals surface area contributed by atoms with Crippen LogP contribution in [0.15, 0.2) is 0 Å². The number of aliphatic hydroxyl groups is 1. The molecule has 1 aliphatic carbocycles. The van der Waals surface area contributed by atoms with Crippen molar-refractivity contribution in [2.24, 2.45) is 5.92 Å². The van der Waals surface area contributed by atoms with E-state index >= 15 is 0 Å². The first-order valence-electron chi connectivity index (χ1n) is 4.00. The summed E-state index contributed by atoms with van der Waals surface area (Å²) >= 11 is 0. The Morgan fingerprint density at radius 3 is 2.55 bits per heavy atom. The van der Waals surface area contributed by atoms with Crippen molar-refractivity contribution in [1.82, 2.24) is 0 Å². The Balaban J connectivity index is 2.28. The Labute approximate surface area is 65.4 Å². The first kappa shape index (κ1) is 8.46. The average Bonchev–Trinajstić information content (AvgIpc) is 2.35. The summed E-state index contributed by atoms with van der Waals surface area (Å²) in [6.07, 6.45) is 3.41. The number of nitro groups is 1. The lowest BCUT2D eigenvalue weighted by Crippen LogP contribution is -2.26.